The number of Topliss-reactive ketones (excluding diaryl/α,β-unsaturated/α-hetero) is 1. The van der Waals surface area contributed by atoms with E-state index in [1.807, 2.05) is 37.4 Å². The molecule has 31 heavy (non-hydrogen) atoms. The SMILES string of the molecule is CCC(=O)CCCCCC(CNCc1cnc2ccccc2c1)NC(=O)CS(C)(=O)=O. The third-order valence-electron chi connectivity index (χ3n) is 5.03. The predicted octanol–water partition coefficient (Wildman–Crippen LogP) is 2.78. The summed E-state index contributed by atoms with van der Waals surface area (Å²) in [6.07, 6.45) is 7.37. The van der Waals surface area contributed by atoms with Crippen LogP contribution in [0, 0.1) is 0 Å². The molecule has 0 saturated carbocycles. The van der Waals surface area contributed by atoms with Crippen LogP contribution in [0.2, 0.25) is 0 Å². The van der Waals surface area contributed by atoms with E-state index in [4.69, 9.17) is 0 Å². The van der Waals surface area contributed by atoms with E-state index in [2.05, 4.69) is 21.7 Å². The highest BCUT2D eigenvalue weighted by atomic mass is 32.2. The number of nitrogens with one attached hydrogen (secondary N) is 2. The van der Waals surface area contributed by atoms with Crippen LogP contribution in [0.5, 0.6) is 0 Å². The molecule has 8 heteroatoms. The Morgan fingerprint density at radius 3 is 2.65 bits per heavy atom. The summed E-state index contributed by atoms with van der Waals surface area (Å²) >= 11 is 0. The number of rotatable bonds is 14. The molecule has 1 amide bonds. The maximum atomic E-state index is 12.1. The molecule has 7 nitrogen and oxygen atoms in total. The van der Waals surface area contributed by atoms with E-state index in [1.165, 1.54) is 0 Å². The highest BCUT2D eigenvalue weighted by Crippen LogP contribution is 2.13. The minimum atomic E-state index is -3.37. The molecule has 0 aliphatic heterocycles. The van der Waals surface area contributed by atoms with Gasteiger partial charge in [-0.25, -0.2) is 8.42 Å². The van der Waals surface area contributed by atoms with Crippen molar-refractivity contribution in [2.24, 2.45) is 0 Å². The Hall–Kier alpha value is -2.32. The van der Waals surface area contributed by atoms with Crippen LogP contribution in [0.15, 0.2) is 36.5 Å². The number of benzene rings is 1. The Bertz CT molecular complexity index is 976. The lowest BCUT2D eigenvalue weighted by Gasteiger charge is -2.19. The average Bonchev–Trinajstić information content (AvgIpc) is 2.71. The summed E-state index contributed by atoms with van der Waals surface area (Å²) in [5.74, 6) is -0.727. The first kappa shape index (κ1) is 24.9. The normalized spacial score (nSPS) is 12.6. The second kappa shape index (κ2) is 12.5. The van der Waals surface area contributed by atoms with Crippen molar-refractivity contribution in [3.63, 3.8) is 0 Å². The van der Waals surface area contributed by atoms with Crippen molar-refractivity contribution in [1.82, 2.24) is 15.6 Å². The monoisotopic (exact) mass is 447 g/mol. The zero-order valence-electron chi connectivity index (χ0n) is 18.4. The van der Waals surface area contributed by atoms with Crippen molar-refractivity contribution in [1.29, 1.82) is 0 Å². The number of sulfone groups is 1. The van der Waals surface area contributed by atoms with E-state index in [-0.39, 0.29) is 11.8 Å². The van der Waals surface area contributed by atoms with Gasteiger partial charge in [0.05, 0.1) is 5.52 Å². The maximum Gasteiger partial charge on any atom is 0.235 e. The number of nitrogens with zero attached hydrogens (tertiary/aromatic N) is 1. The average molecular weight is 448 g/mol. The molecule has 2 rings (SSSR count). The summed E-state index contributed by atoms with van der Waals surface area (Å²) in [4.78, 5) is 28.0. The molecular formula is C23H33N3O4S. The Morgan fingerprint density at radius 1 is 1.13 bits per heavy atom. The van der Waals surface area contributed by atoms with Gasteiger partial charge in [-0.3, -0.25) is 14.6 Å². The molecule has 170 valence electrons. The van der Waals surface area contributed by atoms with E-state index in [0.717, 1.165) is 48.4 Å². The van der Waals surface area contributed by atoms with Crippen LogP contribution in [0.3, 0.4) is 0 Å². The molecule has 0 radical (unpaired) electrons. The number of carbonyl (C=O) groups is 2. The van der Waals surface area contributed by atoms with Crippen molar-refractivity contribution < 1.29 is 18.0 Å². The molecule has 1 unspecified atom stereocenters. The van der Waals surface area contributed by atoms with Crippen LogP contribution in [-0.4, -0.2) is 49.7 Å². The number of carbonyl (C=O) groups excluding carboxylic acids is 2. The molecule has 0 spiro atoms. The highest BCUT2D eigenvalue weighted by molar-refractivity contribution is 7.91. The first-order chi connectivity index (χ1) is 14.8. The summed E-state index contributed by atoms with van der Waals surface area (Å²) < 4.78 is 22.8. The molecule has 0 bridgehead atoms. The molecule has 1 atom stereocenters. The zero-order valence-corrected chi connectivity index (χ0v) is 19.2. The number of fused-ring (bicyclic) bond motifs is 1. The lowest BCUT2D eigenvalue weighted by atomic mass is 10.0. The van der Waals surface area contributed by atoms with Crippen LogP contribution < -0.4 is 10.6 Å². The molecule has 1 aromatic carbocycles. The Kier molecular flexibility index (Phi) is 10.1. The molecule has 2 N–H and O–H groups in total. The van der Waals surface area contributed by atoms with Crippen LogP contribution in [0.25, 0.3) is 10.9 Å². The Morgan fingerprint density at radius 2 is 1.90 bits per heavy atom. The van der Waals surface area contributed by atoms with Gasteiger partial charge in [-0.1, -0.05) is 38.0 Å². The highest BCUT2D eigenvalue weighted by Gasteiger charge is 2.16. The summed E-state index contributed by atoms with van der Waals surface area (Å²) in [6.45, 7) is 2.99. The van der Waals surface area contributed by atoms with E-state index in [0.29, 0.717) is 25.9 Å². The number of aromatic nitrogens is 1. The number of unbranched alkanes of at least 4 members (excludes halogenated alkanes) is 2. The maximum absolute atomic E-state index is 12.1. The largest absolute Gasteiger partial charge is 0.351 e. The molecule has 0 aliphatic carbocycles. The van der Waals surface area contributed by atoms with Gasteiger partial charge in [-0.15, -0.1) is 0 Å². The lowest BCUT2D eigenvalue weighted by molar-refractivity contribution is -0.119. The molecule has 0 fully saturated rings. The van der Waals surface area contributed by atoms with Crippen molar-refractivity contribution in [3.8, 4) is 0 Å². The second-order valence-electron chi connectivity index (χ2n) is 7.99. The minimum absolute atomic E-state index is 0.176. The number of hydrogen-bond acceptors (Lipinski definition) is 6. The Balaban J connectivity index is 1.86. The van der Waals surface area contributed by atoms with Gasteiger partial charge in [-0.2, -0.15) is 0 Å². The fourth-order valence-electron chi connectivity index (χ4n) is 3.40. The van der Waals surface area contributed by atoms with Crippen LogP contribution in [0.1, 0.15) is 51.0 Å². The zero-order chi connectivity index (χ0) is 22.7. The van der Waals surface area contributed by atoms with Gasteiger partial charge in [0.15, 0.2) is 9.84 Å². The van der Waals surface area contributed by atoms with E-state index in [9.17, 15) is 18.0 Å². The van der Waals surface area contributed by atoms with Gasteiger partial charge in [0, 0.05) is 49.8 Å². The predicted molar refractivity (Wildman–Crippen MR) is 123 cm³/mol. The number of amides is 1. The van der Waals surface area contributed by atoms with Crippen molar-refractivity contribution in [2.75, 3.05) is 18.6 Å². The van der Waals surface area contributed by atoms with Gasteiger partial charge >= 0.3 is 0 Å². The van der Waals surface area contributed by atoms with Gasteiger partial charge in [0.1, 0.15) is 11.5 Å². The topological polar surface area (TPSA) is 105 Å². The number of hydrogen-bond donors (Lipinski definition) is 2. The third-order valence-corrected chi connectivity index (χ3v) is 5.81. The second-order valence-corrected chi connectivity index (χ2v) is 10.1. The first-order valence-corrected chi connectivity index (χ1v) is 12.9. The molecule has 0 saturated heterocycles. The van der Waals surface area contributed by atoms with Crippen LogP contribution in [0.4, 0.5) is 0 Å². The van der Waals surface area contributed by atoms with E-state index >= 15 is 0 Å². The molecular weight excluding hydrogens is 414 g/mol. The summed E-state index contributed by atoms with van der Waals surface area (Å²) in [5, 5.41) is 7.25. The molecule has 0 aliphatic rings. The van der Waals surface area contributed by atoms with Gasteiger partial charge in [0.2, 0.25) is 5.91 Å². The fraction of sp³-hybridized carbons (Fsp3) is 0.522. The van der Waals surface area contributed by atoms with Crippen LogP contribution >= 0.6 is 0 Å². The molecule has 2 aromatic rings. The minimum Gasteiger partial charge on any atom is -0.351 e. The summed E-state index contributed by atoms with van der Waals surface area (Å²) in [5.41, 5.74) is 1.98. The summed E-state index contributed by atoms with van der Waals surface area (Å²) in [7, 11) is -3.37. The van der Waals surface area contributed by atoms with Crippen molar-refractivity contribution in [2.45, 2.75) is 58.0 Å². The first-order valence-electron chi connectivity index (χ1n) is 10.8. The van der Waals surface area contributed by atoms with Gasteiger partial charge in [-0.05, 0) is 30.5 Å². The standard InChI is InChI=1S/C23H33N3O4S/c1-3-21(27)11-6-4-5-10-20(26-23(28)17-31(2,29)30)16-24-14-18-13-19-9-7-8-12-22(19)25-15-18/h7-9,12-13,15,20,24H,3-6,10-11,14,16-17H2,1-2H3,(H,26,28). The number of ketones is 1. The fourth-order valence-corrected chi connectivity index (χ4v) is 3.96. The number of pyridine rings is 1. The Labute approximate surface area is 184 Å². The quantitative estimate of drug-likeness (QED) is 0.432. The van der Waals surface area contributed by atoms with Crippen molar-refractivity contribution in [3.05, 3.63) is 42.1 Å². The van der Waals surface area contributed by atoms with E-state index < -0.39 is 21.5 Å². The van der Waals surface area contributed by atoms with Gasteiger partial charge < -0.3 is 10.6 Å². The van der Waals surface area contributed by atoms with E-state index in [1.54, 1.807) is 0 Å². The van der Waals surface area contributed by atoms with Crippen molar-refractivity contribution >= 4 is 32.4 Å². The lowest BCUT2D eigenvalue weighted by Crippen LogP contribution is -2.44. The smallest absolute Gasteiger partial charge is 0.235 e. The molecule has 1 heterocycles. The van der Waals surface area contributed by atoms with Crippen LogP contribution in [-0.2, 0) is 26.0 Å². The summed E-state index contributed by atoms with van der Waals surface area (Å²) in [6, 6.07) is 9.82. The third kappa shape index (κ3) is 10.0. The number of para-hydroxylation sites is 1. The molecule has 1 aromatic heterocycles. The van der Waals surface area contributed by atoms with Gasteiger partial charge in [0.25, 0.3) is 0 Å².